The van der Waals surface area contributed by atoms with Crippen molar-refractivity contribution in [2.45, 2.75) is 25.8 Å². The number of hydrogen-bond acceptors (Lipinski definition) is 3. The lowest BCUT2D eigenvalue weighted by molar-refractivity contribution is 0.415. The lowest BCUT2D eigenvalue weighted by Gasteiger charge is -2.16. The number of nitrogens with one attached hydrogen (secondary N) is 1. The number of anilines is 1. The molecule has 0 aliphatic carbocycles. The van der Waals surface area contributed by atoms with E-state index in [1.54, 1.807) is 13.4 Å². The second kappa shape index (κ2) is 6.15. The molecule has 2 rings (SSSR count). The molecule has 1 unspecified atom stereocenters. The van der Waals surface area contributed by atoms with Gasteiger partial charge in [0.05, 0.1) is 19.1 Å². The average molecular weight is 245 g/mol. The second-order valence-corrected chi connectivity index (χ2v) is 4.36. The lowest BCUT2D eigenvalue weighted by atomic mass is 10.1. The molecule has 0 bridgehead atoms. The molecular weight excluding hydrogens is 226 g/mol. The van der Waals surface area contributed by atoms with Gasteiger partial charge in [-0.25, -0.2) is 0 Å². The first kappa shape index (κ1) is 12.6. The van der Waals surface area contributed by atoms with Gasteiger partial charge in [0.2, 0.25) is 0 Å². The van der Waals surface area contributed by atoms with Crippen LogP contribution in [0.5, 0.6) is 5.75 Å². The van der Waals surface area contributed by atoms with Crippen LogP contribution in [0.2, 0.25) is 0 Å². The Labute approximate surface area is 108 Å². The molecule has 1 atom stereocenters. The highest BCUT2D eigenvalue weighted by molar-refractivity contribution is 5.56. The topological polar surface area (TPSA) is 34.4 Å². The summed E-state index contributed by atoms with van der Waals surface area (Å²) in [7, 11) is 1.69. The Morgan fingerprint density at radius 1 is 1.22 bits per heavy atom. The van der Waals surface area contributed by atoms with E-state index in [-0.39, 0.29) is 0 Å². The third-order valence-electron chi connectivity index (χ3n) is 2.91. The zero-order chi connectivity index (χ0) is 12.8. The van der Waals surface area contributed by atoms with Crippen LogP contribution in [-0.2, 0) is 6.42 Å². The molecule has 18 heavy (non-hydrogen) atoms. The van der Waals surface area contributed by atoms with Crippen molar-refractivity contribution in [3.8, 4) is 5.75 Å². The summed E-state index contributed by atoms with van der Waals surface area (Å²) < 4.78 is 10.6. The minimum absolute atomic E-state index is 0.367. The van der Waals surface area contributed by atoms with Gasteiger partial charge in [-0.2, -0.15) is 0 Å². The molecule has 1 N–H and O–H groups in total. The number of para-hydroxylation sites is 2. The summed E-state index contributed by atoms with van der Waals surface area (Å²) in [6.45, 7) is 2.16. The minimum Gasteiger partial charge on any atom is -0.495 e. The lowest BCUT2D eigenvalue weighted by Crippen LogP contribution is -2.16. The van der Waals surface area contributed by atoms with Crippen molar-refractivity contribution in [1.82, 2.24) is 0 Å². The first-order valence-electron chi connectivity index (χ1n) is 6.21. The van der Waals surface area contributed by atoms with Crippen LogP contribution in [0.3, 0.4) is 0 Å². The highest BCUT2D eigenvalue weighted by Gasteiger charge is 2.07. The Kier molecular flexibility index (Phi) is 4.29. The van der Waals surface area contributed by atoms with Gasteiger partial charge < -0.3 is 14.5 Å². The summed E-state index contributed by atoms with van der Waals surface area (Å²) in [5.74, 6) is 1.91. The maximum atomic E-state index is 5.33. The zero-order valence-electron chi connectivity index (χ0n) is 10.8. The third kappa shape index (κ3) is 3.29. The van der Waals surface area contributed by atoms with Crippen LogP contribution in [0.4, 0.5) is 5.69 Å². The molecule has 96 valence electrons. The summed E-state index contributed by atoms with van der Waals surface area (Å²) >= 11 is 0. The van der Waals surface area contributed by atoms with Gasteiger partial charge in [0.15, 0.2) is 0 Å². The molecule has 0 radical (unpaired) electrons. The van der Waals surface area contributed by atoms with Crippen molar-refractivity contribution < 1.29 is 9.15 Å². The van der Waals surface area contributed by atoms with Gasteiger partial charge in [0.1, 0.15) is 11.5 Å². The fourth-order valence-corrected chi connectivity index (χ4v) is 1.92. The van der Waals surface area contributed by atoms with E-state index in [0.29, 0.717) is 6.04 Å². The van der Waals surface area contributed by atoms with Crippen molar-refractivity contribution in [3.05, 3.63) is 48.4 Å². The summed E-state index contributed by atoms with van der Waals surface area (Å²) in [6.07, 6.45) is 3.68. The van der Waals surface area contributed by atoms with Crippen molar-refractivity contribution in [1.29, 1.82) is 0 Å². The number of hydrogen-bond donors (Lipinski definition) is 1. The van der Waals surface area contributed by atoms with Gasteiger partial charge in [-0.05, 0) is 37.6 Å². The first-order chi connectivity index (χ1) is 8.79. The maximum Gasteiger partial charge on any atom is 0.141 e. The first-order valence-corrected chi connectivity index (χ1v) is 6.21. The molecule has 0 fully saturated rings. The maximum absolute atomic E-state index is 5.33. The average Bonchev–Trinajstić information content (AvgIpc) is 2.90. The van der Waals surface area contributed by atoms with Gasteiger partial charge in [-0.1, -0.05) is 12.1 Å². The van der Waals surface area contributed by atoms with Gasteiger partial charge in [-0.15, -0.1) is 0 Å². The van der Waals surface area contributed by atoms with Gasteiger partial charge in [0.25, 0.3) is 0 Å². The van der Waals surface area contributed by atoms with E-state index in [2.05, 4.69) is 12.2 Å². The quantitative estimate of drug-likeness (QED) is 0.842. The van der Waals surface area contributed by atoms with Crippen LogP contribution in [0.15, 0.2) is 47.1 Å². The van der Waals surface area contributed by atoms with Crippen LogP contribution < -0.4 is 10.1 Å². The summed E-state index contributed by atoms with van der Waals surface area (Å²) in [6, 6.07) is 12.3. The van der Waals surface area contributed by atoms with E-state index in [1.807, 2.05) is 36.4 Å². The minimum atomic E-state index is 0.367. The fourth-order valence-electron chi connectivity index (χ4n) is 1.92. The summed E-state index contributed by atoms with van der Waals surface area (Å²) in [4.78, 5) is 0. The second-order valence-electron chi connectivity index (χ2n) is 4.36. The van der Waals surface area contributed by atoms with E-state index in [1.165, 1.54) is 0 Å². The van der Waals surface area contributed by atoms with E-state index >= 15 is 0 Å². The molecule has 0 aliphatic heterocycles. The van der Waals surface area contributed by atoms with E-state index in [4.69, 9.17) is 9.15 Å². The number of rotatable bonds is 6. The number of benzene rings is 1. The number of methoxy groups -OCH3 is 1. The largest absolute Gasteiger partial charge is 0.495 e. The molecule has 1 aromatic heterocycles. The fraction of sp³-hybridized carbons (Fsp3) is 0.333. The Hall–Kier alpha value is -1.90. The highest BCUT2D eigenvalue weighted by Crippen LogP contribution is 2.24. The van der Waals surface area contributed by atoms with Crippen molar-refractivity contribution in [2.24, 2.45) is 0 Å². The van der Waals surface area contributed by atoms with Crippen LogP contribution in [-0.4, -0.2) is 13.2 Å². The molecule has 3 heteroatoms. The van der Waals surface area contributed by atoms with Crippen molar-refractivity contribution in [3.63, 3.8) is 0 Å². The molecule has 0 spiro atoms. The molecule has 3 nitrogen and oxygen atoms in total. The summed E-state index contributed by atoms with van der Waals surface area (Å²) in [5.41, 5.74) is 1.03. The Morgan fingerprint density at radius 3 is 2.78 bits per heavy atom. The Bertz CT molecular complexity index is 465. The standard InChI is InChI=1S/C15H19NO2/c1-12(9-10-13-6-5-11-18-13)16-14-7-3-4-8-15(14)17-2/h3-8,11-12,16H,9-10H2,1-2H3. The summed E-state index contributed by atoms with van der Waals surface area (Å²) in [5, 5.41) is 3.46. The number of furan rings is 1. The van der Waals surface area contributed by atoms with Gasteiger partial charge >= 0.3 is 0 Å². The van der Waals surface area contributed by atoms with E-state index in [9.17, 15) is 0 Å². The van der Waals surface area contributed by atoms with Crippen LogP contribution in [0, 0.1) is 0 Å². The van der Waals surface area contributed by atoms with Crippen LogP contribution in [0.25, 0.3) is 0 Å². The predicted molar refractivity (Wildman–Crippen MR) is 73.1 cm³/mol. The SMILES string of the molecule is COc1ccccc1NC(C)CCc1ccco1. The van der Waals surface area contributed by atoms with E-state index in [0.717, 1.165) is 30.0 Å². The smallest absolute Gasteiger partial charge is 0.141 e. The molecular formula is C15H19NO2. The molecule has 2 aromatic rings. The molecule has 0 amide bonds. The molecule has 1 heterocycles. The monoisotopic (exact) mass is 245 g/mol. The van der Waals surface area contributed by atoms with Crippen LogP contribution in [0.1, 0.15) is 19.1 Å². The Morgan fingerprint density at radius 2 is 2.06 bits per heavy atom. The predicted octanol–water partition coefficient (Wildman–Crippen LogP) is 3.72. The normalized spacial score (nSPS) is 12.1. The van der Waals surface area contributed by atoms with Gasteiger partial charge in [-0.3, -0.25) is 0 Å². The van der Waals surface area contributed by atoms with Crippen LogP contribution >= 0.6 is 0 Å². The molecule has 0 saturated heterocycles. The Balaban J connectivity index is 1.88. The van der Waals surface area contributed by atoms with Gasteiger partial charge in [0, 0.05) is 12.5 Å². The molecule has 1 aromatic carbocycles. The molecule has 0 saturated carbocycles. The number of aryl methyl sites for hydroxylation is 1. The number of ether oxygens (including phenoxy) is 1. The third-order valence-corrected chi connectivity index (χ3v) is 2.91. The highest BCUT2D eigenvalue weighted by atomic mass is 16.5. The van der Waals surface area contributed by atoms with Crippen molar-refractivity contribution >= 4 is 5.69 Å². The van der Waals surface area contributed by atoms with Crippen molar-refractivity contribution in [2.75, 3.05) is 12.4 Å². The zero-order valence-corrected chi connectivity index (χ0v) is 10.8. The molecule has 0 aliphatic rings. The van der Waals surface area contributed by atoms with E-state index < -0.39 is 0 Å².